The summed E-state index contributed by atoms with van der Waals surface area (Å²) in [5.41, 5.74) is 1.60. The van der Waals surface area contributed by atoms with Crippen molar-refractivity contribution in [2.24, 2.45) is 7.05 Å². The number of carbonyl (C=O) groups excluding carboxylic acids is 1. The van der Waals surface area contributed by atoms with Crippen LogP contribution >= 0.6 is 0 Å². The Labute approximate surface area is 135 Å². The SMILES string of the molecule is Cc1ncc(CO)c(C2CCCN(C(=O)c3nccn3C)C2)n1. The second-order valence-electron chi connectivity index (χ2n) is 5.94. The summed E-state index contributed by atoms with van der Waals surface area (Å²) in [5, 5.41) is 9.53. The van der Waals surface area contributed by atoms with Gasteiger partial charge in [-0.2, -0.15) is 0 Å². The van der Waals surface area contributed by atoms with Gasteiger partial charge >= 0.3 is 0 Å². The first-order valence-corrected chi connectivity index (χ1v) is 7.80. The highest BCUT2D eigenvalue weighted by atomic mass is 16.3. The summed E-state index contributed by atoms with van der Waals surface area (Å²) >= 11 is 0. The van der Waals surface area contributed by atoms with Gasteiger partial charge in [-0.1, -0.05) is 0 Å². The van der Waals surface area contributed by atoms with Crippen LogP contribution in [0.4, 0.5) is 0 Å². The quantitative estimate of drug-likeness (QED) is 0.914. The van der Waals surface area contributed by atoms with Crippen LogP contribution in [0.2, 0.25) is 0 Å². The Morgan fingerprint density at radius 3 is 2.96 bits per heavy atom. The van der Waals surface area contributed by atoms with Gasteiger partial charge in [0.1, 0.15) is 5.82 Å². The molecule has 0 aliphatic carbocycles. The predicted molar refractivity (Wildman–Crippen MR) is 83.8 cm³/mol. The summed E-state index contributed by atoms with van der Waals surface area (Å²) in [5.74, 6) is 1.20. The number of imidazole rings is 1. The fourth-order valence-electron chi connectivity index (χ4n) is 3.09. The second kappa shape index (κ2) is 6.45. The lowest BCUT2D eigenvalue weighted by Crippen LogP contribution is -2.40. The van der Waals surface area contributed by atoms with Gasteiger partial charge in [0.15, 0.2) is 5.82 Å². The average Bonchev–Trinajstić information content (AvgIpc) is 3.00. The molecule has 1 unspecified atom stereocenters. The molecule has 23 heavy (non-hydrogen) atoms. The number of likely N-dealkylation sites (tertiary alicyclic amines) is 1. The maximum Gasteiger partial charge on any atom is 0.289 e. The van der Waals surface area contributed by atoms with Gasteiger partial charge in [0.05, 0.1) is 12.3 Å². The van der Waals surface area contributed by atoms with Gasteiger partial charge in [-0.05, 0) is 19.8 Å². The van der Waals surface area contributed by atoms with Crippen LogP contribution in [0.25, 0.3) is 0 Å². The number of aliphatic hydroxyl groups excluding tert-OH is 1. The number of hydrogen-bond donors (Lipinski definition) is 1. The number of piperidine rings is 1. The number of amides is 1. The van der Waals surface area contributed by atoms with Crippen molar-refractivity contribution in [1.82, 2.24) is 24.4 Å². The maximum atomic E-state index is 12.6. The zero-order valence-electron chi connectivity index (χ0n) is 13.4. The Morgan fingerprint density at radius 1 is 1.43 bits per heavy atom. The Kier molecular flexibility index (Phi) is 4.38. The fraction of sp³-hybridized carbons (Fsp3) is 0.500. The molecule has 122 valence electrons. The van der Waals surface area contributed by atoms with Crippen molar-refractivity contribution in [3.05, 3.63) is 41.5 Å². The standard InChI is InChI=1S/C16H21N5O2/c1-11-18-8-13(10-22)14(19-11)12-4-3-6-21(9-12)16(23)15-17-5-7-20(15)2/h5,7-8,12,22H,3-4,6,9-10H2,1-2H3. The molecule has 3 rings (SSSR count). The van der Waals surface area contributed by atoms with E-state index in [2.05, 4.69) is 15.0 Å². The zero-order valence-corrected chi connectivity index (χ0v) is 13.4. The molecule has 2 aromatic rings. The van der Waals surface area contributed by atoms with E-state index in [1.54, 1.807) is 23.2 Å². The van der Waals surface area contributed by atoms with Crippen LogP contribution in [0.1, 0.15) is 46.5 Å². The molecule has 0 saturated carbocycles. The largest absolute Gasteiger partial charge is 0.392 e. The van der Waals surface area contributed by atoms with E-state index in [0.29, 0.717) is 18.2 Å². The van der Waals surface area contributed by atoms with Crippen molar-refractivity contribution in [1.29, 1.82) is 0 Å². The van der Waals surface area contributed by atoms with Crippen molar-refractivity contribution in [3.63, 3.8) is 0 Å². The molecule has 0 spiro atoms. The van der Waals surface area contributed by atoms with Crippen molar-refractivity contribution < 1.29 is 9.90 Å². The molecule has 1 aliphatic heterocycles. The number of aliphatic hydroxyl groups is 1. The summed E-state index contributed by atoms with van der Waals surface area (Å²) in [6, 6.07) is 0. The molecule has 1 amide bonds. The summed E-state index contributed by atoms with van der Waals surface area (Å²) in [4.78, 5) is 27.3. The molecule has 1 saturated heterocycles. The minimum absolute atomic E-state index is 0.0569. The topological polar surface area (TPSA) is 84.1 Å². The molecule has 1 fully saturated rings. The molecule has 0 bridgehead atoms. The third kappa shape index (κ3) is 3.10. The van der Waals surface area contributed by atoms with E-state index in [-0.39, 0.29) is 18.4 Å². The molecule has 0 aromatic carbocycles. The number of aryl methyl sites for hydroxylation is 2. The minimum atomic E-state index is -0.0839. The highest BCUT2D eigenvalue weighted by molar-refractivity contribution is 5.90. The summed E-state index contributed by atoms with van der Waals surface area (Å²) in [6.07, 6.45) is 6.94. The van der Waals surface area contributed by atoms with Crippen LogP contribution in [-0.4, -0.2) is 48.5 Å². The molecule has 0 radical (unpaired) electrons. The molecular weight excluding hydrogens is 294 g/mol. The van der Waals surface area contributed by atoms with Crippen LogP contribution in [-0.2, 0) is 13.7 Å². The van der Waals surface area contributed by atoms with Gasteiger partial charge < -0.3 is 14.6 Å². The van der Waals surface area contributed by atoms with Crippen LogP contribution in [0, 0.1) is 6.92 Å². The third-order valence-corrected chi connectivity index (χ3v) is 4.30. The van der Waals surface area contributed by atoms with Gasteiger partial charge in [0, 0.05) is 50.2 Å². The normalized spacial score (nSPS) is 18.2. The monoisotopic (exact) mass is 315 g/mol. The van der Waals surface area contributed by atoms with Gasteiger partial charge in [-0.25, -0.2) is 15.0 Å². The summed E-state index contributed by atoms with van der Waals surface area (Å²) < 4.78 is 1.74. The molecule has 7 nitrogen and oxygen atoms in total. The van der Waals surface area contributed by atoms with E-state index < -0.39 is 0 Å². The second-order valence-corrected chi connectivity index (χ2v) is 5.94. The van der Waals surface area contributed by atoms with Gasteiger partial charge in [0.2, 0.25) is 0 Å². The van der Waals surface area contributed by atoms with E-state index in [9.17, 15) is 9.90 Å². The Morgan fingerprint density at radius 2 is 2.26 bits per heavy atom. The van der Waals surface area contributed by atoms with Crippen LogP contribution in [0.5, 0.6) is 0 Å². The zero-order chi connectivity index (χ0) is 16.4. The van der Waals surface area contributed by atoms with E-state index in [1.165, 1.54) is 0 Å². The Balaban J connectivity index is 1.83. The van der Waals surface area contributed by atoms with Gasteiger partial charge in [-0.15, -0.1) is 0 Å². The first kappa shape index (κ1) is 15.6. The number of hydrogen-bond acceptors (Lipinski definition) is 5. The lowest BCUT2D eigenvalue weighted by Gasteiger charge is -2.33. The summed E-state index contributed by atoms with van der Waals surface area (Å²) in [6.45, 7) is 3.07. The first-order chi connectivity index (χ1) is 11.1. The van der Waals surface area contributed by atoms with Crippen LogP contribution in [0.15, 0.2) is 18.6 Å². The molecule has 7 heteroatoms. The van der Waals surface area contributed by atoms with Crippen molar-refractivity contribution in [2.45, 2.75) is 32.3 Å². The predicted octanol–water partition coefficient (Wildman–Crippen LogP) is 1.03. The number of nitrogens with zero attached hydrogens (tertiary/aromatic N) is 5. The summed E-state index contributed by atoms with van der Waals surface area (Å²) in [7, 11) is 1.82. The van der Waals surface area contributed by atoms with E-state index in [1.807, 2.05) is 18.9 Å². The molecule has 2 aromatic heterocycles. The lowest BCUT2D eigenvalue weighted by atomic mass is 9.92. The van der Waals surface area contributed by atoms with Crippen molar-refractivity contribution in [2.75, 3.05) is 13.1 Å². The highest BCUT2D eigenvalue weighted by Gasteiger charge is 2.29. The highest BCUT2D eigenvalue weighted by Crippen LogP contribution is 2.28. The smallest absolute Gasteiger partial charge is 0.289 e. The molecule has 1 N–H and O–H groups in total. The molecule has 1 aliphatic rings. The lowest BCUT2D eigenvalue weighted by molar-refractivity contribution is 0.0689. The number of carbonyl (C=O) groups is 1. The Bertz CT molecular complexity index is 712. The Hall–Kier alpha value is -2.28. The molecular formula is C16H21N5O2. The molecule has 3 heterocycles. The van der Waals surface area contributed by atoms with Gasteiger partial charge in [0.25, 0.3) is 5.91 Å². The minimum Gasteiger partial charge on any atom is -0.392 e. The number of aromatic nitrogens is 4. The number of rotatable bonds is 3. The van der Waals surface area contributed by atoms with Crippen LogP contribution < -0.4 is 0 Å². The first-order valence-electron chi connectivity index (χ1n) is 7.80. The average molecular weight is 315 g/mol. The van der Waals surface area contributed by atoms with Gasteiger partial charge in [-0.3, -0.25) is 4.79 Å². The van der Waals surface area contributed by atoms with E-state index in [4.69, 9.17) is 0 Å². The fourth-order valence-corrected chi connectivity index (χ4v) is 3.09. The third-order valence-electron chi connectivity index (χ3n) is 4.30. The van der Waals surface area contributed by atoms with Crippen LogP contribution in [0.3, 0.4) is 0 Å². The van der Waals surface area contributed by atoms with Crippen molar-refractivity contribution >= 4 is 5.91 Å². The van der Waals surface area contributed by atoms with Crippen molar-refractivity contribution in [3.8, 4) is 0 Å². The van der Waals surface area contributed by atoms with E-state index in [0.717, 1.165) is 30.6 Å². The molecule has 1 atom stereocenters. The maximum absolute atomic E-state index is 12.6. The van der Waals surface area contributed by atoms with E-state index >= 15 is 0 Å².